The van der Waals surface area contributed by atoms with Crippen LogP contribution in [-0.4, -0.2) is 10.9 Å². The third kappa shape index (κ3) is 2.95. The maximum atomic E-state index is 12.2. The van der Waals surface area contributed by atoms with Gasteiger partial charge in [0.1, 0.15) is 0 Å². The molecule has 0 spiro atoms. The summed E-state index contributed by atoms with van der Waals surface area (Å²) >= 11 is 10.9. The molecule has 1 N–H and O–H groups in total. The Morgan fingerprint density at radius 2 is 1.95 bits per heavy atom. The summed E-state index contributed by atoms with van der Waals surface area (Å²) in [4.78, 5) is 16.6. The number of benzene rings is 2. The fraction of sp³-hybridized carbons (Fsp3) is 0.0667. The van der Waals surface area contributed by atoms with E-state index in [9.17, 15) is 4.79 Å². The maximum absolute atomic E-state index is 12.2. The van der Waals surface area contributed by atoms with Crippen molar-refractivity contribution in [3.8, 4) is 0 Å². The van der Waals surface area contributed by atoms with Crippen LogP contribution in [0.4, 0.5) is 5.13 Å². The second-order valence-corrected chi connectivity index (χ2v) is 6.85. The van der Waals surface area contributed by atoms with Crippen LogP contribution in [0.1, 0.15) is 15.9 Å². The number of aryl methyl sites for hydroxylation is 1. The zero-order valence-electron chi connectivity index (χ0n) is 11.0. The van der Waals surface area contributed by atoms with Crippen molar-refractivity contribution in [3.05, 3.63) is 57.0 Å². The van der Waals surface area contributed by atoms with Crippen molar-refractivity contribution < 1.29 is 4.79 Å². The van der Waals surface area contributed by atoms with Gasteiger partial charge in [0.2, 0.25) is 0 Å². The van der Waals surface area contributed by atoms with E-state index in [1.807, 2.05) is 31.2 Å². The number of hydrogen-bond donors (Lipinski definition) is 1. The number of hydrogen-bond acceptors (Lipinski definition) is 3. The average Bonchev–Trinajstić information content (AvgIpc) is 2.87. The number of halogens is 2. The number of fused-ring (bicyclic) bond motifs is 1. The summed E-state index contributed by atoms with van der Waals surface area (Å²) in [6.45, 7) is 1.92. The number of nitrogens with one attached hydrogen (secondary N) is 1. The summed E-state index contributed by atoms with van der Waals surface area (Å²) in [7, 11) is 0. The molecule has 3 aromatic rings. The van der Waals surface area contributed by atoms with E-state index in [2.05, 4.69) is 26.2 Å². The summed E-state index contributed by atoms with van der Waals surface area (Å²) in [6, 6.07) is 10.9. The van der Waals surface area contributed by atoms with Crippen LogP contribution in [0.3, 0.4) is 0 Å². The lowest BCUT2D eigenvalue weighted by atomic mass is 10.2. The van der Waals surface area contributed by atoms with E-state index in [0.29, 0.717) is 15.7 Å². The molecule has 106 valence electrons. The quantitative estimate of drug-likeness (QED) is 0.657. The molecular formula is C15H10BrClN2OS. The number of nitrogens with zero attached hydrogens (tertiary/aromatic N) is 1. The Labute approximate surface area is 139 Å². The highest BCUT2D eigenvalue weighted by molar-refractivity contribution is 9.10. The van der Waals surface area contributed by atoms with Crippen molar-refractivity contribution in [2.75, 3.05) is 5.32 Å². The van der Waals surface area contributed by atoms with Crippen LogP contribution < -0.4 is 5.32 Å². The van der Waals surface area contributed by atoms with Gasteiger partial charge in [0.05, 0.1) is 10.2 Å². The Balaban J connectivity index is 1.89. The molecule has 0 radical (unpaired) electrons. The van der Waals surface area contributed by atoms with E-state index >= 15 is 0 Å². The first kappa shape index (κ1) is 14.5. The largest absolute Gasteiger partial charge is 0.298 e. The minimum absolute atomic E-state index is 0.176. The first-order valence-electron chi connectivity index (χ1n) is 6.17. The SMILES string of the molecule is Cc1c(Cl)ccc2sc(NC(=O)c3ccc(Br)cc3)nc12. The molecule has 3 rings (SSSR count). The molecule has 2 aromatic carbocycles. The van der Waals surface area contributed by atoms with Gasteiger partial charge >= 0.3 is 0 Å². The van der Waals surface area contributed by atoms with Crippen LogP contribution in [0.25, 0.3) is 10.2 Å². The van der Waals surface area contributed by atoms with Crippen LogP contribution in [0.2, 0.25) is 5.02 Å². The number of amides is 1. The Kier molecular flexibility index (Phi) is 3.97. The molecule has 1 amide bonds. The molecule has 3 nitrogen and oxygen atoms in total. The highest BCUT2D eigenvalue weighted by Crippen LogP contribution is 2.31. The Bertz CT molecular complexity index is 830. The number of anilines is 1. The number of carbonyl (C=O) groups is 1. The lowest BCUT2D eigenvalue weighted by Gasteiger charge is -2.01. The molecule has 0 aliphatic rings. The lowest BCUT2D eigenvalue weighted by molar-refractivity contribution is 0.102. The van der Waals surface area contributed by atoms with E-state index in [0.717, 1.165) is 20.3 Å². The van der Waals surface area contributed by atoms with Gasteiger partial charge in [-0.15, -0.1) is 0 Å². The Morgan fingerprint density at radius 3 is 2.67 bits per heavy atom. The zero-order chi connectivity index (χ0) is 15.0. The Hall–Kier alpha value is -1.43. The van der Waals surface area contributed by atoms with Gasteiger partial charge in [0.25, 0.3) is 5.91 Å². The first-order valence-corrected chi connectivity index (χ1v) is 8.16. The van der Waals surface area contributed by atoms with Crippen LogP contribution in [0.5, 0.6) is 0 Å². The van der Waals surface area contributed by atoms with E-state index < -0.39 is 0 Å². The van der Waals surface area contributed by atoms with Crippen molar-refractivity contribution in [3.63, 3.8) is 0 Å². The second-order valence-electron chi connectivity index (χ2n) is 4.50. The lowest BCUT2D eigenvalue weighted by Crippen LogP contribution is -2.11. The summed E-state index contributed by atoms with van der Waals surface area (Å²) < 4.78 is 1.94. The van der Waals surface area contributed by atoms with E-state index in [4.69, 9.17) is 11.6 Å². The van der Waals surface area contributed by atoms with Crippen molar-refractivity contribution in [1.29, 1.82) is 0 Å². The maximum Gasteiger partial charge on any atom is 0.257 e. The van der Waals surface area contributed by atoms with E-state index in [1.54, 1.807) is 12.1 Å². The standard InChI is InChI=1S/C15H10BrClN2OS/c1-8-11(17)6-7-12-13(8)18-15(21-12)19-14(20)9-2-4-10(16)5-3-9/h2-7H,1H3,(H,18,19,20). The van der Waals surface area contributed by atoms with Gasteiger partial charge in [-0.05, 0) is 48.9 Å². The van der Waals surface area contributed by atoms with Gasteiger partial charge in [-0.1, -0.05) is 38.9 Å². The highest BCUT2D eigenvalue weighted by atomic mass is 79.9. The Morgan fingerprint density at radius 1 is 1.24 bits per heavy atom. The van der Waals surface area contributed by atoms with Gasteiger partial charge in [0, 0.05) is 15.1 Å². The molecule has 0 saturated carbocycles. The molecule has 0 aliphatic heterocycles. The third-order valence-electron chi connectivity index (χ3n) is 3.07. The van der Waals surface area contributed by atoms with Crippen LogP contribution in [0, 0.1) is 6.92 Å². The zero-order valence-corrected chi connectivity index (χ0v) is 14.1. The predicted molar refractivity (Wildman–Crippen MR) is 91.5 cm³/mol. The second kappa shape index (κ2) is 5.75. The molecule has 6 heteroatoms. The topological polar surface area (TPSA) is 42.0 Å². The average molecular weight is 382 g/mol. The van der Waals surface area contributed by atoms with Crippen LogP contribution >= 0.6 is 38.9 Å². The van der Waals surface area contributed by atoms with E-state index in [-0.39, 0.29) is 5.91 Å². The smallest absolute Gasteiger partial charge is 0.257 e. The molecule has 0 atom stereocenters. The van der Waals surface area contributed by atoms with Crippen molar-refractivity contribution in [2.45, 2.75) is 6.92 Å². The first-order chi connectivity index (χ1) is 10.0. The predicted octanol–water partition coefficient (Wildman–Crippen LogP) is 5.27. The van der Waals surface area contributed by atoms with Gasteiger partial charge in [-0.25, -0.2) is 4.98 Å². The number of aromatic nitrogens is 1. The summed E-state index contributed by atoms with van der Waals surface area (Å²) in [5.41, 5.74) is 2.35. The van der Waals surface area contributed by atoms with Gasteiger partial charge in [-0.3, -0.25) is 10.1 Å². The highest BCUT2D eigenvalue weighted by Gasteiger charge is 2.12. The molecular weight excluding hydrogens is 372 g/mol. The molecule has 0 unspecified atom stereocenters. The molecule has 21 heavy (non-hydrogen) atoms. The number of thiazole rings is 1. The summed E-state index contributed by atoms with van der Waals surface area (Å²) in [5.74, 6) is -0.176. The molecule has 0 aliphatic carbocycles. The summed E-state index contributed by atoms with van der Waals surface area (Å²) in [6.07, 6.45) is 0. The number of rotatable bonds is 2. The van der Waals surface area contributed by atoms with Crippen molar-refractivity contribution in [1.82, 2.24) is 4.98 Å². The van der Waals surface area contributed by atoms with Gasteiger partial charge in [-0.2, -0.15) is 0 Å². The van der Waals surface area contributed by atoms with Gasteiger partial charge in [0.15, 0.2) is 5.13 Å². The number of carbonyl (C=O) groups excluding carboxylic acids is 1. The van der Waals surface area contributed by atoms with E-state index in [1.165, 1.54) is 11.3 Å². The minimum atomic E-state index is -0.176. The third-order valence-corrected chi connectivity index (χ3v) is 4.95. The minimum Gasteiger partial charge on any atom is -0.298 e. The molecule has 0 saturated heterocycles. The van der Waals surface area contributed by atoms with Crippen LogP contribution in [0.15, 0.2) is 40.9 Å². The van der Waals surface area contributed by atoms with Gasteiger partial charge < -0.3 is 0 Å². The molecule has 1 aromatic heterocycles. The summed E-state index contributed by atoms with van der Waals surface area (Å²) in [5, 5.41) is 4.08. The van der Waals surface area contributed by atoms with Crippen molar-refractivity contribution >= 4 is 60.1 Å². The fourth-order valence-corrected chi connectivity index (χ4v) is 3.26. The fourth-order valence-electron chi connectivity index (χ4n) is 1.92. The van der Waals surface area contributed by atoms with Crippen molar-refractivity contribution in [2.24, 2.45) is 0 Å². The monoisotopic (exact) mass is 380 g/mol. The van der Waals surface area contributed by atoms with Crippen LogP contribution in [-0.2, 0) is 0 Å². The molecule has 0 fully saturated rings. The molecule has 1 heterocycles. The molecule has 0 bridgehead atoms. The normalized spacial score (nSPS) is 10.8.